The summed E-state index contributed by atoms with van der Waals surface area (Å²) >= 11 is 12.1. The van der Waals surface area contributed by atoms with E-state index in [0.29, 0.717) is 16.6 Å². The molecule has 0 aliphatic heterocycles. The van der Waals surface area contributed by atoms with E-state index in [-0.39, 0.29) is 24.3 Å². The van der Waals surface area contributed by atoms with E-state index in [4.69, 9.17) is 23.2 Å². The number of benzene rings is 2. The number of rotatable bonds is 8. The topological polar surface area (TPSA) is 49.4 Å². The largest absolute Gasteiger partial charge is 0.352 e. The van der Waals surface area contributed by atoms with E-state index in [1.165, 1.54) is 0 Å². The molecular formula is C22H26Cl2N2O2. The fourth-order valence-electron chi connectivity index (χ4n) is 2.80. The number of hydrogen-bond acceptors (Lipinski definition) is 2. The standard InChI is InChI=1S/C22H26Cl2N2O2/c1-4-15(2)25-22(28)16(3)26(14-18-8-6-10-20(24)12-18)21(27)13-17-7-5-9-19(23)11-17/h5-12,15-16H,4,13-14H2,1-3H3,(H,25,28). The lowest BCUT2D eigenvalue weighted by molar-refractivity contribution is -0.140. The quantitative estimate of drug-likeness (QED) is 0.661. The lowest BCUT2D eigenvalue weighted by atomic mass is 10.1. The Labute approximate surface area is 176 Å². The zero-order valence-corrected chi connectivity index (χ0v) is 17.9. The molecule has 0 spiro atoms. The first-order valence-corrected chi connectivity index (χ1v) is 10.1. The van der Waals surface area contributed by atoms with Crippen LogP contribution in [0.3, 0.4) is 0 Å². The third-order valence-electron chi connectivity index (χ3n) is 4.65. The van der Waals surface area contributed by atoms with Gasteiger partial charge in [-0.1, -0.05) is 54.4 Å². The van der Waals surface area contributed by atoms with Crippen molar-refractivity contribution in [2.24, 2.45) is 0 Å². The summed E-state index contributed by atoms with van der Waals surface area (Å²) in [4.78, 5) is 27.3. The first-order valence-electron chi connectivity index (χ1n) is 9.39. The first-order chi connectivity index (χ1) is 13.3. The van der Waals surface area contributed by atoms with E-state index >= 15 is 0 Å². The highest BCUT2D eigenvalue weighted by molar-refractivity contribution is 6.30. The number of amides is 2. The second-order valence-electron chi connectivity index (χ2n) is 6.95. The van der Waals surface area contributed by atoms with Crippen LogP contribution in [0.1, 0.15) is 38.3 Å². The van der Waals surface area contributed by atoms with Crippen molar-refractivity contribution in [2.75, 3.05) is 0 Å². The monoisotopic (exact) mass is 420 g/mol. The number of nitrogens with one attached hydrogen (secondary N) is 1. The van der Waals surface area contributed by atoms with Crippen LogP contribution in [0, 0.1) is 0 Å². The Morgan fingerprint density at radius 2 is 1.57 bits per heavy atom. The van der Waals surface area contributed by atoms with Gasteiger partial charge in [-0.25, -0.2) is 0 Å². The van der Waals surface area contributed by atoms with Crippen molar-refractivity contribution in [1.29, 1.82) is 0 Å². The van der Waals surface area contributed by atoms with E-state index in [1.807, 2.05) is 38.1 Å². The van der Waals surface area contributed by atoms with Crippen LogP contribution in [0.15, 0.2) is 48.5 Å². The van der Waals surface area contributed by atoms with Gasteiger partial charge in [0, 0.05) is 22.6 Å². The first kappa shape index (κ1) is 22.3. The molecule has 2 unspecified atom stereocenters. The summed E-state index contributed by atoms with van der Waals surface area (Å²) in [6.07, 6.45) is 0.991. The van der Waals surface area contributed by atoms with Crippen molar-refractivity contribution in [1.82, 2.24) is 10.2 Å². The summed E-state index contributed by atoms with van der Waals surface area (Å²) in [6, 6.07) is 13.9. The van der Waals surface area contributed by atoms with Gasteiger partial charge in [-0.05, 0) is 55.7 Å². The average molecular weight is 421 g/mol. The van der Waals surface area contributed by atoms with E-state index in [9.17, 15) is 9.59 Å². The fraction of sp³-hybridized carbons (Fsp3) is 0.364. The molecule has 28 heavy (non-hydrogen) atoms. The average Bonchev–Trinajstić information content (AvgIpc) is 2.65. The van der Waals surface area contributed by atoms with Gasteiger partial charge in [0.1, 0.15) is 6.04 Å². The summed E-state index contributed by atoms with van der Waals surface area (Å²) in [5, 5.41) is 4.13. The molecule has 0 radical (unpaired) electrons. The minimum Gasteiger partial charge on any atom is -0.352 e. The Hall–Kier alpha value is -2.04. The molecule has 2 rings (SSSR count). The predicted octanol–water partition coefficient (Wildman–Crippen LogP) is 4.87. The van der Waals surface area contributed by atoms with Crippen molar-refractivity contribution >= 4 is 35.0 Å². The summed E-state index contributed by atoms with van der Waals surface area (Å²) in [7, 11) is 0. The normalized spacial score (nSPS) is 12.9. The van der Waals surface area contributed by atoms with Crippen molar-refractivity contribution in [3.8, 4) is 0 Å². The van der Waals surface area contributed by atoms with E-state index in [0.717, 1.165) is 17.5 Å². The van der Waals surface area contributed by atoms with Gasteiger partial charge in [-0.2, -0.15) is 0 Å². The Morgan fingerprint density at radius 1 is 1.00 bits per heavy atom. The minimum absolute atomic E-state index is 0.0472. The SMILES string of the molecule is CCC(C)NC(=O)C(C)N(Cc1cccc(Cl)c1)C(=O)Cc1cccc(Cl)c1. The highest BCUT2D eigenvalue weighted by Gasteiger charge is 2.26. The molecule has 6 heteroatoms. The van der Waals surface area contributed by atoms with Crippen LogP contribution >= 0.6 is 23.2 Å². The third kappa shape index (κ3) is 6.54. The molecule has 0 bridgehead atoms. The lowest BCUT2D eigenvalue weighted by Crippen LogP contribution is -2.49. The second-order valence-corrected chi connectivity index (χ2v) is 7.82. The molecule has 0 fully saturated rings. The molecule has 0 saturated heterocycles. The molecule has 4 nitrogen and oxygen atoms in total. The second kappa shape index (κ2) is 10.5. The van der Waals surface area contributed by atoms with Crippen molar-refractivity contribution in [2.45, 2.75) is 52.2 Å². The molecule has 0 saturated carbocycles. The smallest absolute Gasteiger partial charge is 0.242 e. The maximum absolute atomic E-state index is 13.1. The van der Waals surface area contributed by atoms with Crippen LogP contribution in [0.2, 0.25) is 10.0 Å². The van der Waals surface area contributed by atoms with Crippen molar-refractivity contribution < 1.29 is 9.59 Å². The van der Waals surface area contributed by atoms with Gasteiger partial charge in [0.05, 0.1) is 6.42 Å². The molecule has 0 aliphatic rings. The van der Waals surface area contributed by atoms with Gasteiger partial charge in [0.15, 0.2) is 0 Å². The third-order valence-corrected chi connectivity index (χ3v) is 5.12. The molecule has 150 valence electrons. The fourth-order valence-corrected chi connectivity index (χ4v) is 3.23. The molecule has 2 aromatic rings. The molecule has 0 aromatic heterocycles. The van der Waals surface area contributed by atoms with Gasteiger partial charge in [-0.3, -0.25) is 9.59 Å². The molecule has 0 aliphatic carbocycles. The molecule has 2 atom stereocenters. The predicted molar refractivity (Wildman–Crippen MR) is 115 cm³/mol. The van der Waals surface area contributed by atoms with Crippen molar-refractivity contribution in [3.05, 3.63) is 69.7 Å². The minimum atomic E-state index is -0.611. The van der Waals surface area contributed by atoms with E-state index in [2.05, 4.69) is 5.32 Å². The highest BCUT2D eigenvalue weighted by atomic mass is 35.5. The number of nitrogens with zero attached hydrogens (tertiary/aromatic N) is 1. The van der Waals surface area contributed by atoms with Crippen LogP contribution < -0.4 is 5.32 Å². The molecule has 2 aromatic carbocycles. The van der Waals surface area contributed by atoms with Gasteiger partial charge in [-0.15, -0.1) is 0 Å². The molecule has 2 amide bonds. The molecule has 0 heterocycles. The number of carbonyl (C=O) groups excluding carboxylic acids is 2. The van der Waals surface area contributed by atoms with Gasteiger partial charge < -0.3 is 10.2 Å². The highest BCUT2D eigenvalue weighted by Crippen LogP contribution is 2.17. The lowest BCUT2D eigenvalue weighted by Gasteiger charge is -2.30. The Kier molecular flexibility index (Phi) is 8.34. The Balaban J connectivity index is 2.23. The van der Waals surface area contributed by atoms with Crippen molar-refractivity contribution in [3.63, 3.8) is 0 Å². The van der Waals surface area contributed by atoms with Crippen LogP contribution in [0.4, 0.5) is 0 Å². The van der Waals surface area contributed by atoms with E-state index in [1.54, 1.807) is 36.1 Å². The Morgan fingerprint density at radius 3 is 2.14 bits per heavy atom. The summed E-state index contributed by atoms with van der Waals surface area (Å²) in [5.74, 6) is -0.315. The van der Waals surface area contributed by atoms with Crippen LogP contribution in [-0.2, 0) is 22.6 Å². The van der Waals surface area contributed by atoms with Gasteiger partial charge in [0.25, 0.3) is 0 Å². The number of hydrogen-bond donors (Lipinski definition) is 1. The maximum Gasteiger partial charge on any atom is 0.242 e. The summed E-state index contributed by atoms with van der Waals surface area (Å²) in [6.45, 7) is 6.00. The zero-order valence-electron chi connectivity index (χ0n) is 16.4. The summed E-state index contributed by atoms with van der Waals surface area (Å²) < 4.78 is 0. The molecular weight excluding hydrogens is 395 g/mol. The van der Waals surface area contributed by atoms with Crippen LogP contribution in [-0.4, -0.2) is 28.8 Å². The van der Waals surface area contributed by atoms with E-state index < -0.39 is 6.04 Å². The zero-order chi connectivity index (χ0) is 20.7. The molecule has 1 N–H and O–H groups in total. The maximum atomic E-state index is 13.1. The Bertz CT molecular complexity index is 826. The van der Waals surface area contributed by atoms with Gasteiger partial charge >= 0.3 is 0 Å². The number of carbonyl (C=O) groups is 2. The number of halogens is 2. The van der Waals surface area contributed by atoms with Gasteiger partial charge in [0.2, 0.25) is 11.8 Å². The van der Waals surface area contributed by atoms with Crippen LogP contribution in [0.5, 0.6) is 0 Å². The summed E-state index contributed by atoms with van der Waals surface area (Å²) in [5.41, 5.74) is 1.68. The van der Waals surface area contributed by atoms with Crippen LogP contribution in [0.25, 0.3) is 0 Å².